The van der Waals surface area contributed by atoms with E-state index < -0.39 is 23.6 Å². The number of aromatic nitrogens is 1. The van der Waals surface area contributed by atoms with Crippen LogP contribution in [0.15, 0.2) is 66.7 Å². The number of aryl methyl sites for hydroxylation is 2. The zero-order valence-electron chi connectivity index (χ0n) is 26.5. The molecule has 0 saturated carbocycles. The van der Waals surface area contributed by atoms with Crippen LogP contribution in [0.2, 0.25) is 0 Å². The van der Waals surface area contributed by atoms with Gasteiger partial charge in [-0.25, -0.2) is 9.78 Å². The zero-order chi connectivity index (χ0) is 32.2. The van der Waals surface area contributed by atoms with Crippen LogP contribution in [-0.2, 0) is 49.7 Å². The van der Waals surface area contributed by atoms with Crippen molar-refractivity contribution in [3.63, 3.8) is 0 Å². The maximum atomic E-state index is 12.8. The molecular formula is C35H43N3O7. The Morgan fingerprint density at radius 3 is 2.44 bits per heavy atom. The van der Waals surface area contributed by atoms with Gasteiger partial charge in [0.1, 0.15) is 29.8 Å². The van der Waals surface area contributed by atoms with Crippen molar-refractivity contribution in [1.29, 1.82) is 0 Å². The number of hydrogen-bond acceptors (Lipinski definition) is 9. The lowest BCUT2D eigenvalue weighted by Gasteiger charge is -2.31. The molecule has 10 nitrogen and oxygen atoms in total. The second-order valence-electron chi connectivity index (χ2n) is 11.9. The molecule has 0 fully saturated rings. The molecule has 10 heteroatoms. The molecule has 1 aromatic heterocycles. The van der Waals surface area contributed by atoms with Crippen LogP contribution < -0.4 is 15.0 Å². The van der Waals surface area contributed by atoms with E-state index in [-0.39, 0.29) is 19.2 Å². The molecule has 0 bridgehead atoms. The number of esters is 2. The number of fused-ring (bicyclic) bond motifs is 1. The van der Waals surface area contributed by atoms with E-state index in [1.54, 1.807) is 4.90 Å². The molecule has 4 rings (SSSR count). The van der Waals surface area contributed by atoms with Gasteiger partial charge in [0.05, 0.1) is 20.3 Å². The summed E-state index contributed by atoms with van der Waals surface area (Å²) in [4.78, 5) is 43.8. The fourth-order valence-corrected chi connectivity index (χ4v) is 4.89. The van der Waals surface area contributed by atoms with Gasteiger partial charge in [-0.1, -0.05) is 48.5 Å². The van der Waals surface area contributed by atoms with Crippen LogP contribution in [0.4, 0.5) is 10.6 Å². The molecule has 0 unspecified atom stereocenters. The first-order valence-electron chi connectivity index (χ1n) is 15.3. The number of carbonyl (C=O) groups excluding carboxylic acids is 3. The van der Waals surface area contributed by atoms with Gasteiger partial charge in [-0.2, -0.15) is 0 Å². The van der Waals surface area contributed by atoms with E-state index in [1.165, 1.54) is 7.11 Å². The summed E-state index contributed by atoms with van der Waals surface area (Å²) in [6.45, 7) is 6.71. The van der Waals surface area contributed by atoms with Crippen LogP contribution in [0.25, 0.3) is 0 Å². The fourth-order valence-electron chi connectivity index (χ4n) is 4.89. The van der Waals surface area contributed by atoms with Crippen molar-refractivity contribution in [3.05, 3.63) is 89.1 Å². The number of methoxy groups -OCH3 is 1. The van der Waals surface area contributed by atoms with Crippen molar-refractivity contribution in [2.75, 3.05) is 31.7 Å². The number of rotatable bonds is 13. The van der Waals surface area contributed by atoms with Gasteiger partial charge in [-0.05, 0) is 87.8 Å². The van der Waals surface area contributed by atoms with Crippen molar-refractivity contribution in [2.45, 2.75) is 71.1 Å². The fraction of sp³-hybridized carbons (Fsp3) is 0.429. The van der Waals surface area contributed by atoms with E-state index in [1.807, 2.05) is 81.4 Å². The summed E-state index contributed by atoms with van der Waals surface area (Å²) in [6, 6.07) is 20.2. The molecule has 1 amide bonds. The third kappa shape index (κ3) is 10.6. The van der Waals surface area contributed by atoms with Gasteiger partial charge >= 0.3 is 18.0 Å². The molecule has 0 spiro atoms. The molecule has 2 aromatic carbocycles. The molecule has 45 heavy (non-hydrogen) atoms. The Bertz CT molecular complexity index is 1420. The molecule has 0 radical (unpaired) electrons. The summed E-state index contributed by atoms with van der Waals surface area (Å²) in [5.74, 6) is 0.479. The van der Waals surface area contributed by atoms with E-state index in [2.05, 4.69) is 11.4 Å². The van der Waals surface area contributed by atoms with Crippen molar-refractivity contribution < 1.29 is 33.3 Å². The van der Waals surface area contributed by atoms with Gasteiger partial charge in [0.15, 0.2) is 0 Å². The highest BCUT2D eigenvalue weighted by atomic mass is 16.6. The molecule has 0 aliphatic carbocycles. The monoisotopic (exact) mass is 617 g/mol. The highest BCUT2D eigenvalue weighted by molar-refractivity contribution is 5.88. The van der Waals surface area contributed by atoms with Crippen LogP contribution in [0, 0.1) is 0 Å². The third-order valence-corrected chi connectivity index (χ3v) is 7.14. The molecule has 0 saturated heterocycles. The first kappa shape index (κ1) is 33.5. The average molecular weight is 618 g/mol. The summed E-state index contributed by atoms with van der Waals surface area (Å²) in [6.07, 6.45) is 3.18. The molecule has 3 aromatic rings. The molecule has 1 atom stereocenters. The SMILES string of the molecule is COC(=O)[C@H](Cc1ccc(OCCCc2ccc3c(n2)N(C(=O)OC(C)(C)C)CCC3)cc1)NCC(=O)OCc1ccccc1. The third-order valence-electron chi connectivity index (χ3n) is 7.14. The van der Waals surface area contributed by atoms with E-state index in [9.17, 15) is 14.4 Å². The molecule has 2 heterocycles. The zero-order valence-corrected chi connectivity index (χ0v) is 26.5. The molecule has 1 aliphatic heterocycles. The minimum atomic E-state index is -0.707. The predicted octanol–water partition coefficient (Wildman–Crippen LogP) is 5.20. The largest absolute Gasteiger partial charge is 0.494 e. The lowest BCUT2D eigenvalue weighted by Crippen LogP contribution is -2.42. The van der Waals surface area contributed by atoms with Crippen LogP contribution in [0.5, 0.6) is 5.75 Å². The smallest absolute Gasteiger partial charge is 0.416 e. The van der Waals surface area contributed by atoms with Crippen molar-refractivity contribution in [3.8, 4) is 5.75 Å². The second kappa shape index (κ2) is 16.0. The van der Waals surface area contributed by atoms with Gasteiger partial charge in [-0.3, -0.25) is 19.8 Å². The van der Waals surface area contributed by atoms with E-state index in [4.69, 9.17) is 23.9 Å². The van der Waals surface area contributed by atoms with E-state index >= 15 is 0 Å². The van der Waals surface area contributed by atoms with E-state index in [0.29, 0.717) is 37.6 Å². The Kier molecular flexibility index (Phi) is 11.9. The number of anilines is 1. The predicted molar refractivity (Wildman–Crippen MR) is 170 cm³/mol. The number of benzene rings is 2. The Labute approximate surface area is 265 Å². The molecule has 1 N–H and O–H groups in total. The van der Waals surface area contributed by atoms with Gasteiger partial charge < -0.3 is 18.9 Å². The number of carbonyl (C=O) groups is 3. The lowest BCUT2D eigenvalue weighted by molar-refractivity contribution is -0.145. The number of hydrogen-bond donors (Lipinski definition) is 1. The Morgan fingerprint density at radius 2 is 1.73 bits per heavy atom. The Hall–Kier alpha value is -4.44. The van der Waals surface area contributed by atoms with Crippen LogP contribution in [0.1, 0.15) is 56.0 Å². The van der Waals surface area contributed by atoms with Crippen LogP contribution in [-0.4, -0.2) is 61.5 Å². The maximum Gasteiger partial charge on any atom is 0.416 e. The van der Waals surface area contributed by atoms with Gasteiger partial charge in [0, 0.05) is 12.2 Å². The molecule has 1 aliphatic rings. The highest BCUT2D eigenvalue weighted by Gasteiger charge is 2.28. The normalized spacial score (nSPS) is 13.4. The number of amides is 1. The number of ether oxygens (including phenoxy) is 4. The van der Waals surface area contributed by atoms with Crippen molar-refractivity contribution >= 4 is 23.8 Å². The summed E-state index contributed by atoms with van der Waals surface area (Å²) < 4.78 is 21.8. The standard InChI is InChI=1S/C35H43N3O7/c1-35(2,3)45-34(41)38-20-8-12-27-16-17-28(37-32(27)38)13-9-21-43-29-18-14-25(15-19-29)22-30(33(40)42-4)36-23-31(39)44-24-26-10-6-5-7-11-26/h5-7,10-11,14-19,30,36H,8-9,12-13,20-24H2,1-4H3/t30-/m0/s1. The summed E-state index contributed by atoms with van der Waals surface area (Å²) in [5, 5.41) is 2.95. The van der Waals surface area contributed by atoms with Crippen LogP contribution >= 0.6 is 0 Å². The average Bonchev–Trinajstić information content (AvgIpc) is 3.03. The number of nitrogens with zero attached hydrogens (tertiary/aromatic N) is 2. The minimum absolute atomic E-state index is 0.119. The first-order valence-corrected chi connectivity index (χ1v) is 15.3. The highest BCUT2D eigenvalue weighted by Crippen LogP contribution is 2.27. The van der Waals surface area contributed by atoms with Gasteiger partial charge in [0.2, 0.25) is 0 Å². The van der Waals surface area contributed by atoms with Crippen molar-refractivity contribution in [2.24, 2.45) is 0 Å². The Morgan fingerprint density at radius 1 is 0.978 bits per heavy atom. The number of nitrogens with one attached hydrogen (secondary N) is 1. The number of pyridine rings is 1. The second-order valence-corrected chi connectivity index (χ2v) is 11.9. The summed E-state index contributed by atoms with van der Waals surface area (Å²) in [7, 11) is 1.32. The topological polar surface area (TPSA) is 116 Å². The summed E-state index contributed by atoms with van der Waals surface area (Å²) >= 11 is 0. The van der Waals surface area contributed by atoms with E-state index in [0.717, 1.165) is 41.6 Å². The maximum absolute atomic E-state index is 12.8. The van der Waals surface area contributed by atoms with Gasteiger partial charge in [0.25, 0.3) is 0 Å². The summed E-state index contributed by atoms with van der Waals surface area (Å²) in [5.41, 5.74) is 3.16. The molecular weight excluding hydrogens is 574 g/mol. The lowest BCUT2D eigenvalue weighted by atomic mass is 10.0. The van der Waals surface area contributed by atoms with Crippen molar-refractivity contribution in [1.82, 2.24) is 10.3 Å². The van der Waals surface area contributed by atoms with Crippen LogP contribution in [0.3, 0.4) is 0 Å². The van der Waals surface area contributed by atoms with Gasteiger partial charge in [-0.15, -0.1) is 0 Å². The minimum Gasteiger partial charge on any atom is -0.494 e. The molecule has 240 valence electrons. The first-order chi connectivity index (χ1) is 21.6. The quantitative estimate of drug-likeness (QED) is 0.157. The Balaban J connectivity index is 1.23.